The molecule has 0 unspecified atom stereocenters. The Balaban J connectivity index is 2.29. The Labute approximate surface area is 165 Å². The molecule has 0 bridgehead atoms. The standard InChI is InChI=1S/2C11H16O.Zr/c2*1-6-7(2)9(4)11(12)10(5)8(6)3;/h2*12H,1-5H3;/q;;+2/p-2. The molecule has 0 N–H and O–H groups in total. The van der Waals surface area contributed by atoms with E-state index in [9.17, 15) is 0 Å². The van der Waals surface area contributed by atoms with Gasteiger partial charge in [0.25, 0.3) is 0 Å². The van der Waals surface area contributed by atoms with Gasteiger partial charge in [-0.3, -0.25) is 0 Å². The molecule has 0 aliphatic heterocycles. The predicted molar refractivity (Wildman–Crippen MR) is 102 cm³/mol. The van der Waals surface area contributed by atoms with Crippen molar-refractivity contribution < 1.29 is 29.7 Å². The van der Waals surface area contributed by atoms with Crippen molar-refractivity contribution in [1.82, 2.24) is 0 Å². The first-order valence-electron chi connectivity index (χ1n) is 8.82. The molecule has 0 fully saturated rings. The van der Waals surface area contributed by atoms with Crippen LogP contribution >= 0.6 is 0 Å². The average molecular weight is 418 g/mol. The molecule has 0 spiro atoms. The van der Waals surface area contributed by atoms with Crippen LogP contribution in [-0.2, 0) is 24.1 Å². The van der Waals surface area contributed by atoms with Crippen LogP contribution in [0.25, 0.3) is 0 Å². The molecule has 134 valence electrons. The van der Waals surface area contributed by atoms with Crippen molar-refractivity contribution in [2.45, 2.75) is 69.2 Å². The van der Waals surface area contributed by atoms with E-state index >= 15 is 0 Å². The third kappa shape index (κ3) is 3.58. The fraction of sp³-hybridized carbons (Fsp3) is 0.455. The van der Waals surface area contributed by atoms with Crippen LogP contribution in [0.4, 0.5) is 0 Å². The summed E-state index contributed by atoms with van der Waals surface area (Å²) in [7, 11) is 0. The molecule has 2 nitrogen and oxygen atoms in total. The van der Waals surface area contributed by atoms with Crippen molar-refractivity contribution in [3.05, 3.63) is 55.6 Å². The Kier molecular flexibility index (Phi) is 6.20. The van der Waals surface area contributed by atoms with Gasteiger partial charge in [0.2, 0.25) is 0 Å². The number of hydrogen-bond acceptors (Lipinski definition) is 2. The normalized spacial score (nSPS) is 10.8. The van der Waals surface area contributed by atoms with E-state index in [4.69, 9.17) is 5.63 Å². The first kappa shape index (κ1) is 20.2. The van der Waals surface area contributed by atoms with Gasteiger partial charge in [-0.1, -0.05) is 0 Å². The number of hydrogen-bond donors (Lipinski definition) is 0. The van der Waals surface area contributed by atoms with Gasteiger partial charge < -0.3 is 0 Å². The summed E-state index contributed by atoms with van der Waals surface area (Å²) in [6.45, 7) is 21.7. The summed E-state index contributed by atoms with van der Waals surface area (Å²) in [5.74, 6) is 2.06. The van der Waals surface area contributed by atoms with Crippen molar-refractivity contribution >= 4 is 0 Å². The fourth-order valence-corrected chi connectivity index (χ4v) is 5.36. The molecule has 0 saturated heterocycles. The van der Waals surface area contributed by atoms with Crippen LogP contribution in [0.5, 0.6) is 11.5 Å². The molecule has 0 aliphatic rings. The molecule has 0 amide bonds. The molecule has 0 aromatic heterocycles. The van der Waals surface area contributed by atoms with Gasteiger partial charge in [0.05, 0.1) is 0 Å². The minimum atomic E-state index is -1.47. The molecule has 0 heterocycles. The van der Waals surface area contributed by atoms with E-state index in [1.165, 1.54) is 55.6 Å². The second-order valence-corrected chi connectivity index (χ2v) is 8.61. The monoisotopic (exact) mass is 416 g/mol. The van der Waals surface area contributed by atoms with Crippen molar-refractivity contribution in [3.8, 4) is 11.5 Å². The van der Waals surface area contributed by atoms with E-state index in [-0.39, 0.29) is 0 Å². The van der Waals surface area contributed by atoms with Crippen molar-refractivity contribution in [2.75, 3.05) is 0 Å². The van der Waals surface area contributed by atoms with Gasteiger partial charge in [-0.25, -0.2) is 0 Å². The zero-order chi connectivity index (χ0) is 19.0. The van der Waals surface area contributed by atoms with Crippen LogP contribution in [0.1, 0.15) is 55.6 Å². The van der Waals surface area contributed by atoms with Crippen LogP contribution in [0.2, 0.25) is 0 Å². The second kappa shape index (κ2) is 7.66. The molecule has 0 aliphatic carbocycles. The summed E-state index contributed by atoms with van der Waals surface area (Å²) in [6.07, 6.45) is 0. The first-order valence-corrected chi connectivity index (χ1v) is 10.8. The van der Waals surface area contributed by atoms with E-state index in [2.05, 4.69) is 69.2 Å². The topological polar surface area (TPSA) is 18.5 Å². The van der Waals surface area contributed by atoms with Crippen molar-refractivity contribution in [1.29, 1.82) is 0 Å². The van der Waals surface area contributed by atoms with Gasteiger partial charge in [0, 0.05) is 0 Å². The number of rotatable bonds is 4. The summed E-state index contributed by atoms with van der Waals surface area (Å²) < 4.78 is 12.5. The fourth-order valence-electron chi connectivity index (χ4n) is 3.34. The quantitative estimate of drug-likeness (QED) is 0.595. The van der Waals surface area contributed by atoms with Crippen molar-refractivity contribution in [3.63, 3.8) is 0 Å². The Bertz CT molecular complexity index is 707. The Morgan fingerprint density at radius 1 is 0.360 bits per heavy atom. The minimum absolute atomic E-state index is 1.03. The molecular formula is C22H30O2Zr. The molecule has 2 rings (SSSR count). The van der Waals surface area contributed by atoms with E-state index in [1.54, 1.807) is 0 Å². The first-order chi connectivity index (χ1) is 11.6. The average Bonchev–Trinajstić information content (AvgIpc) is 2.60. The van der Waals surface area contributed by atoms with E-state index < -0.39 is 24.1 Å². The molecule has 25 heavy (non-hydrogen) atoms. The molecule has 2 aromatic carbocycles. The van der Waals surface area contributed by atoms with Crippen LogP contribution in [0.15, 0.2) is 0 Å². The summed E-state index contributed by atoms with van der Waals surface area (Å²) in [5.41, 5.74) is 13.0. The summed E-state index contributed by atoms with van der Waals surface area (Å²) in [6, 6.07) is 0. The second-order valence-electron chi connectivity index (χ2n) is 7.20. The van der Waals surface area contributed by atoms with Gasteiger partial charge >= 0.3 is 166 Å². The Morgan fingerprint density at radius 3 is 0.800 bits per heavy atom. The zero-order valence-electron chi connectivity index (χ0n) is 17.3. The summed E-state index contributed by atoms with van der Waals surface area (Å²) in [4.78, 5) is 0. The summed E-state index contributed by atoms with van der Waals surface area (Å²) in [5, 5.41) is 0. The van der Waals surface area contributed by atoms with Crippen LogP contribution in [-0.4, -0.2) is 0 Å². The van der Waals surface area contributed by atoms with Gasteiger partial charge in [0.15, 0.2) is 0 Å². The SMILES string of the molecule is Cc1c(C)c(C)c([O][Zr][O]c2c(C)c(C)c(C)c(C)c2C)c(C)c1C. The molecule has 3 heteroatoms. The van der Waals surface area contributed by atoms with E-state index in [0.717, 1.165) is 11.5 Å². The number of benzene rings is 2. The van der Waals surface area contributed by atoms with Gasteiger partial charge in [-0.2, -0.15) is 0 Å². The third-order valence-electron chi connectivity index (χ3n) is 6.15. The molecule has 0 atom stereocenters. The maximum absolute atomic E-state index is 6.26. The third-order valence-corrected chi connectivity index (χ3v) is 7.56. The molecule has 0 radical (unpaired) electrons. The van der Waals surface area contributed by atoms with Crippen LogP contribution < -0.4 is 5.63 Å². The summed E-state index contributed by atoms with van der Waals surface area (Å²) >= 11 is -1.47. The van der Waals surface area contributed by atoms with Crippen LogP contribution in [0, 0.1) is 69.2 Å². The van der Waals surface area contributed by atoms with Crippen molar-refractivity contribution in [2.24, 2.45) is 0 Å². The van der Waals surface area contributed by atoms with E-state index in [1.807, 2.05) is 0 Å². The van der Waals surface area contributed by atoms with Crippen LogP contribution in [0.3, 0.4) is 0 Å². The predicted octanol–water partition coefficient (Wildman–Crippen LogP) is 6.14. The zero-order valence-corrected chi connectivity index (χ0v) is 19.8. The molecular weight excluding hydrogens is 387 g/mol. The molecule has 0 saturated carbocycles. The molecule has 2 aromatic rings. The van der Waals surface area contributed by atoms with Gasteiger partial charge in [-0.15, -0.1) is 0 Å². The van der Waals surface area contributed by atoms with Gasteiger partial charge in [-0.05, 0) is 0 Å². The van der Waals surface area contributed by atoms with Gasteiger partial charge in [0.1, 0.15) is 0 Å². The van der Waals surface area contributed by atoms with E-state index in [0.29, 0.717) is 0 Å². The maximum atomic E-state index is 6.26. The Morgan fingerprint density at radius 2 is 0.560 bits per heavy atom. The Hall–Kier alpha value is -1.08.